The minimum absolute atomic E-state index is 0.238. The Labute approximate surface area is 196 Å². The molecule has 0 aliphatic heterocycles. The fourth-order valence-electron chi connectivity index (χ4n) is 3.75. The lowest BCUT2D eigenvalue weighted by Gasteiger charge is -2.12. The lowest BCUT2D eigenvalue weighted by molar-refractivity contribution is 0.102. The number of benzene rings is 4. The van der Waals surface area contributed by atoms with Crippen LogP contribution >= 0.6 is 0 Å². The predicted molar refractivity (Wildman–Crippen MR) is 130 cm³/mol. The van der Waals surface area contributed by atoms with Crippen molar-refractivity contribution in [3.05, 3.63) is 126 Å². The van der Waals surface area contributed by atoms with E-state index in [4.69, 9.17) is 4.74 Å². The quantitative estimate of drug-likeness (QED) is 0.327. The van der Waals surface area contributed by atoms with Crippen molar-refractivity contribution in [3.8, 4) is 5.75 Å². The Kier molecular flexibility index (Phi) is 6.03. The smallest absolute Gasteiger partial charge is 0.259 e. The largest absolute Gasteiger partial charge is 0.488 e. The molecule has 0 radical (unpaired) electrons. The summed E-state index contributed by atoms with van der Waals surface area (Å²) in [6.07, 6.45) is 1.84. The van der Waals surface area contributed by atoms with E-state index in [0.29, 0.717) is 23.5 Å². The Bertz CT molecular complexity index is 1430. The average molecular weight is 452 g/mol. The summed E-state index contributed by atoms with van der Waals surface area (Å²) in [7, 11) is 0. The predicted octanol–water partition coefficient (Wildman–Crippen LogP) is 6.06. The van der Waals surface area contributed by atoms with Gasteiger partial charge in [-0.25, -0.2) is 9.37 Å². The lowest BCUT2D eigenvalue weighted by Crippen LogP contribution is -2.13. The van der Waals surface area contributed by atoms with Gasteiger partial charge in [-0.3, -0.25) is 4.79 Å². The van der Waals surface area contributed by atoms with Crippen LogP contribution in [0.3, 0.4) is 0 Å². The number of aromatic nitrogens is 2. The SMILES string of the molecule is O=C(Nc1ccc(Cn2cnc3ccccc32)cc1)c1ccccc1OCc1ccc(F)cc1. The molecular weight excluding hydrogens is 429 g/mol. The molecule has 0 bridgehead atoms. The molecule has 0 aliphatic rings. The molecule has 0 aliphatic carbocycles. The van der Waals surface area contributed by atoms with Crippen molar-refractivity contribution in [2.75, 3.05) is 5.32 Å². The van der Waals surface area contributed by atoms with Gasteiger partial charge in [0, 0.05) is 12.2 Å². The third-order valence-electron chi connectivity index (χ3n) is 5.53. The number of anilines is 1. The monoisotopic (exact) mass is 451 g/mol. The maximum atomic E-state index is 13.1. The highest BCUT2D eigenvalue weighted by atomic mass is 19.1. The molecule has 34 heavy (non-hydrogen) atoms. The third-order valence-corrected chi connectivity index (χ3v) is 5.53. The fourth-order valence-corrected chi connectivity index (χ4v) is 3.75. The number of hydrogen-bond donors (Lipinski definition) is 1. The van der Waals surface area contributed by atoms with Crippen LogP contribution in [-0.2, 0) is 13.2 Å². The Morgan fingerprint density at radius 3 is 2.38 bits per heavy atom. The summed E-state index contributed by atoms with van der Waals surface area (Å²) in [5, 5.41) is 2.93. The molecule has 0 saturated heterocycles. The molecule has 0 fully saturated rings. The molecule has 5 rings (SSSR count). The summed E-state index contributed by atoms with van der Waals surface area (Å²) in [6, 6.07) is 28.9. The first-order valence-corrected chi connectivity index (χ1v) is 10.9. The van der Waals surface area contributed by atoms with Crippen LogP contribution < -0.4 is 10.1 Å². The Hall–Kier alpha value is -4.45. The second-order valence-corrected chi connectivity index (χ2v) is 7.92. The maximum Gasteiger partial charge on any atom is 0.259 e. The summed E-state index contributed by atoms with van der Waals surface area (Å²) in [5.41, 5.74) is 5.09. The van der Waals surface area contributed by atoms with E-state index in [2.05, 4.69) is 14.9 Å². The number of nitrogens with zero attached hydrogens (tertiary/aromatic N) is 2. The summed E-state index contributed by atoms with van der Waals surface area (Å²) in [6.45, 7) is 0.928. The van der Waals surface area contributed by atoms with Crippen LogP contribution in [-0.4, -0.2) is 15.5 Å². The second-order valence-electron chi connectivity index (χ2n) is 7.92. The molecule has 1 N–H and O–H groups in total. The van der Waals surface area contributed by atoms with Crippen molar-refractivity contribution in [2.45, 2.75) is 13.2 Å². The van der Waals surface area contributed by atoms with Crippen molar-refractivity contribution in [1.29, 1.82) is 0 Å². The minimum Gasteiger partial charge on any atom is -0.488 e. The van der Waals surface area contributed by atoms with Gasteiger partial charge in [-0.2, -0.15) is 0 Å². The zero-order valence-corrected chi connectivity index (χ0v) is 18.3. The standard InChI is InChI=1S/C28H22FN3O2/c29-22-13-9-21(10-14-22)18-34-27-8-4-1-5-24(27)28(33)31-23-15-11-20(12-16-23)17-32-19-30-25-6-2-3-7-26(25)32/h1-16,19H,17-18H2,(H,31,33). The number of ether oxygens (including phenoxy) is 1. The van der Waals surface area contributed by atoms with Crippen LogP contribution in [0.25, 0.3) is 11.0 Å². The van der Waals surface area contributed by atoms with Crippen LogP contribution in [0.5, 0.6) is 5.75 Å². The molecule has 1 aromatic heterocycles. The van der Waals surface area contributed by atoms with E-state index in [1.54, 1.807) is 30.3 Å². The zero-order chi connectivity index (χ0) is 23.3. The molecule has 4 aromatic carbocycles. The van der Waals surface area contributed by atoms with Gasteiger partial charge in [-0.05, 0) is 59.7 Å². The van der Waals surface area contributed by atoms with Crippen molar-refractivity contribution < 1.29 is 13.9 Å². The highest BCUT2D eigenvalue weighted by molar-refractivity contribution is 6.06. The first-order valence-electron chi connectivity index (χ1n) is 10.9. The molecule has 1 heterocycles. The molecule has 1 amide bonds. The van der Waals surface area contributed by atoms with Gasteiger partial charge < -0.3 is 14.6 Å². The normalized spacial score (nSPS) is 10.9. The fraction of sp³-hybridized carbons (Fsp3) is 0.0714. The number of imidazole rings is 1. The van der Waals surface area contributed by atoms with Gasteiger partial charge in [0.25, 0.3) is 5.91 Å². The molecule has 0 unspecified atom stereocenters. The number of para-hydroxylation sites is 3. The number of nitrogens with one attached hydrogen (secondary N) is 1. The van der Waals surface area contributed by atoms with Crippen LogP contribution in [0.1, 0.15) is 21.5 Å². The number of fused-ring (bicyclic) bond motifs is 1. The summed E-state index contributed by atoms with van der Waals surface area (Å²) in [4.78, 5) is 17.4. The van der Waals surface area contributed by atoms with Crippen LogP contribution in [0.4, 0.5) is 10.1 Å². The number of rotatable bonds is 7. The minimum atomic E-state index is -0.298. The Morgan fingerprint density at radius 1 is 0.853 bits per heavy atom. The van der Waals surface area contributed by atoms with Gasteiger partial charge in [0.15, 0.2) is 0 Å². The second kappa shape index (κ2) is 9.58. The molecule has 5 nitrogen and oxygen atoms in total. The number of carbonyl (C=O) groups is 1. The van der Waals surface area contributed by atoms with E-state index >= 15 is 0 Å². The van der Waals surface area contributed by atoms with Crippen molar-refractivity contribution in [3.63, 3.8) is 0 Å². The topological polar surface area (TPSA) is 56.2 Å². The molecule has 0 atom stereocenters. The third kappa shape index (κ3) is 4.81. The van der Waals surface area contributed by atoms with Gasteiger partial charge in [0.1, 0.15) is 18.2 Å². The number of carbonyl (C=O) groups excluding carboxylic acids is 1. The molecule has 0 spiro atoms. The summed E-state index contributed by atoms with van der Waals surface area (Å²) >= 11 is 0. The summed E-state index contributed by atoms with van der Waals surface area (Å²) < 4.78 is 21.0. The Balaban J connectivity index is 1.25. The molecular formula is C28H22FN3O2. The van der Waals surface area contributed by atoms with E-state index in [1.165, 1.54) is 12.1 Å². The number of hydrogen-bond acceptors (Lipinski definition) is 3. The molecule has 0 saturated carbocycles. The van der Waals surface area contributed by atoms with Gasteiger partial charge >= 0.3 is 0 Å². The highest BCUT2D eigenvalue weighted by Crippen LogP contribution is 2.22. The van der Waals surface area contributed by atoms with Gasteiger partial charge in [0.2, 0.25) is 0 Å². The van der Waals surface area contributed by atoms with E-state index in [0.717, 1.165) is 22.2 Å². The van der Waals surface area contributed by atoms with Gasteiger partial charge in [0.05, 0.1) is 22.9 Å². The van der Waals surface area contributed by atoms with E-state index in [-0.39, 0.29) is 18.3 Å². The first-order chi connectivity index (χ1) is 16.7. The molecule has 5 aromatic rings. The number of halogens is 1. The van der Waals surface area contributed by atoms with Crippen LogP contribution in [0.2, 0.25) is 0 Å². The summed E-state index contributed by atoms with van der Waals surface area (Å²) in [5.74, 6) is -0.0936. The molecule has 6 heteroatoms. The van der Waals surface area contributed by atoms with E-state index in [9.17, 15) is 9.18 Å². The molecule has 168 valence electrons. The Morgan fingerprint density at radius 2 is 1.56 bits per heavy atom. The maximum absolute atomic E-state index is 13.1. The van der Waals surface area contributed by atoms with E-state index in [1.807, 2.05) is 60.9 Å². The first kappa shape index (κ1) is 21.4. The zero-order valence-electron chi connectivity index (χ0n) is 18.3. The van der Waals surface area contributed by atoms with Crippen LogP contribution in [0.15, 0.2) is 103 Å². The van der Waals surface area contributed by atoms with Crippen molar-refractivity contribution >= 4 is 22.6 Å². The van der Waals surface area contributed by atoms with Crippen LogP contribution in [0, 0.1) is 5.82 Å². The number of amides is 1. The van der Waals surface area contributed by atoms with Crippen molar-refractivity contribution in [2.24, 2.45) is 0 Å². The van der Waals surface area contributed by atoms with Gasteiger partial charge in [-0.15, -0.1) is 0 Å². The lowest BCUT2D eigenvalue weighted by atomic mass is 10.1. The highest BCUT2D eigenvalue weighted by Gasteiger charge is 2.13. The van der Waals surface area contributed by atoms with Crippen molar-refractivity contribution in [1.82, 2.24) is 9.55 Å². The van der Waals surface area contributed by atoms with Gasteiger partial charge in [-0.1, -0.05) is 48.5 Å². The van der Waals surface area contributed by atoms with E-state index < -0.39 is 0 Å². The average Bonchev–Trinajstić information content (AvgIpc) is 3.28.